The fourth-order valence-electron chi connectivity index (χ4n) is 1.82. The van der Waals surface area contributed by atoms with Gasteiger partial charge in [0.15, 0.2) is 0 Å². The minimum absolute atomic E-state index is 0.0435. The Kier molecular flexibility index (Phi) is 9.67. The highest BCUT2D eigenvalue weighted by Gasteiger charge is 2.11. The zero-order chi connectivity index (χ0) is 14.6. The number of hydrogen-bond donors (Lipinski definition) is 1. The Bertz CT molecular complexity index is 343. The molecule has 3 nitrogen and oxygen atoms in total. The van der Waals surface area contributed by atoms with Gasteiger partial charge in [0, 0.05) is 18.2 Å². The molecule has 0 aromatic heterocycles. The van der Waals surface area contributed by atoms with E-state index in [1.807, 2.05) is 24.3 Å². The minimum atomic E-state index is 0.0435. The molecular formula is C16H26ClNO2. The van der Waals surface area contributed by atoms with Gasteiger partial charge in [-0.25, -0.2) is 0 Å². The molecule has 0 saturated carbocycles. The van der Waals surface area contributed by atoms with E-state index < -0.39 is 0 Å². The summed E-state index contributed by atoms with van der Waals surface area (Å²) in [6, 6.07) is 7.83. The summed E-state index contributed by atoms with van der Waals surface area (Å²) < 4.78 is 11.4. The van der Waals surface area contributed by atoms with Gasteiger partial charge >= 0.3 is 0 Å². The summed E-state index contributed by atoms with van der Waals surface area (Å²) in [4.78, 5) is 0. The first-order valence-corrected chi connectivity index (χ1v) is 7.81. The fourth-order valence-corrected chi connectivity index (χ4v) is 1.95. The molecule has 1 rings (SSSR count). The highest BCUT2D eigenvalue weighted by atomic mass is 35.5. The molecule has 20 heavy (non-hydrogen) atoms. The van der Waals surface area contributed by atoms with Crippen LogP contribution in [0.4, 0.5) is 0 Å². The Morgan fingerprint density at radius 3 is 2.50 bits per heavy atom. The quantitative estimate of drug-likeness (QED) is 0.630. The van der Waals surface area contributed by atoms with Crippen molar-refractivity contribution in [1.82, 2.24) is 5.32 Å². The van der Waals surface area contributed by atoms with Crippen LogP contribution in [0, 0.1) is 0 Å². The molecule has 1 aromatic carbocycles. The molecule has 0 amide bonds. The molecule has 0 heterocycles. The van der Waals surface area contributed by atoms with Gasteiger partial charge in [0.1, 0.15) is 0 Å². The van der Waals surface area contributed by atoms with Crippen LogP contribution in [0.15, 0.2) is 24.3 Å². The second-order valence-corrected chi connectivity index (χ2v) is 5.12. The van der Waals surface area contributed by atoms with Crippen LogP contribution in [-0.2, 0) is 9.47 Å². The standard InChI is InChI=1S/C16H26ClNO2/c1-3-5-10-19-11-12-20-16(13-18-4-2)14-6-8-15(17)9-7-14/h6-9,16,18H,3-5,10-13H2,1-2H3. The van der Waals surface area contributed by atoms with Gasteiger partial charge in [0.05, 0.1) is 19.3 Å². The average molecular weight is 300 g/mol. The van der Waals surface area contributed by atoms with Crippen LogP contribution in [-0.4, -0.2) is 32.9 Å². The van der Waals surface area contributed by atoms with Gasteiger partial charge in [-0.15, -0.1) is 0 Å². The van der Waals surface area contributed by atoms with Gasteiger partial charge < -0.3 is 14.8 Å². The smallest absolute Gasteiger partial charge is 0.0950 e. The summed E-state index contributed by atoms with van der Waals surface area (Å²) in [5, 5.41) is 4.07. The van der Waals surface area contributed by atoms with Gasteiger partial charge in [0.2, 0.25) is 0 Å². The number of nitrogens with one attached hydrogen (secondary N) is 1. The normalized spacial score (nSPS) is 12.6. The lowest BCUT2D eigenvalue weighted by Gasteiger charge is -2.19. The maximum Gasteiger partial charge on any atom is 0.0950 e. The Balaban J connectivity index is 2.37. The second kappa shape index (κ2) is 11.1. The third-order valence-corrected chi connectivity index (χ3v) is 3.26. The highest BCUT2D eigenvalue weighted by molar-refractivity contribution is 6.30. The van der Waals surface area contributed by atoms with Crippen molar-refractivity contribution in [2.75, 3.05) is 32.9 Å². The number of ether oxygens (including phenoxy) is 2. The van der Waals surface area contributed by atoms with E-state index in [-0.39, 0.29) is 6.10 Å². The van der Waals surface area contributed by atoms with E-state index in [1.165, 1.54) is 0 Å². The van der Waals surface area contributed by atoms with Crippen molar-refractivity contribution in [1.29, 1.82) is 0 Å². The van der Waals surface area contributed by atoms with Crippen LogP contribution in [0.3, 0.4) is 0 Å². The minimum Gasteiger partial charge on any atom is -0.379 e. The van der Waals surface area contributed by atoms with Gasteiger partial charge in [0.25, 0.3) is 0 Å². The molecule has 1 unspecified atom stereocenters. The lowest BCUT2D eigenvalue weighted by Crippen LogP contribution is -2.24. The zero-order valence-corrected chi connectivity index (χ0v) is 13.3. The first kappa shape index (κ1) is 17.4. The van der Waals surface area contributed by atoms with Crippen molar-refractivity contribution in [2.45, 2.75) is 32.8 Å². The summed E-state index contributed by atoms with van der Waals surface area (Å²) in [6.07, 6.45) is 2.31. The van der Waals surface area contributed by atoms with Crippen molar-refractivity contribution < 1.29 is 9.47 Å². The van der Waals surface area contributed by atoms with Crippen molar-refractivity contribution in [3.05, 3.63) is 34.9 Å². The summed E-state index contributed by atoms with van der Waals surface area (Å²) in [7, 11) is 0. The van der Waals surface area contributed by atoms with Gasteiger partial charge in [-0.05, 0) is 30.7 Å². The molecule has 0 spiro atoms. The van der Waals surface area contributed by atoms with Crippen molar-refractivity contribution in [3.8, 4) is 0 Å². The first-order valence-electron chi connectivity index (χ1n) is 7.43. The molecule has 114 valence electrons. The van der Waals surface area contributed by atoms with Crippen LogP contribution in [0.2, 0.25) is 5.02 Å². The topological polar surface area (TPSA) is 30.5 Å². The molecule has 4 heteroatoms. The van der Waals surface area contributed by atoms with Crippen LogP contribution in [0.5, 0.6) is 0 Å². The number of likely N-dealkylation sites (N-methyl/N-ethyl adjacent to an activating group) is 1. The second-order valence-electron chi connectivity index (χ2n) is 4.68. The Hall–Kier alpha value is -0.610. The third-order valence-electron chi connectivity index (χ3n) is 3.01. The Labute approximate surface area is 127 Å². The van der Waals surface area contributed by atoms with Crippen LogP contribution >= 0.6 is 11.6 Å². The molecule has 0 fully saturated rings. The van der Waals surface area contributed by atoms with Crippen molar-refractivity contribution in [3.63, 3.8) is 0 Å². The molecule has 1 atom stereocenters. The van der Waals surface area contributed by atoms with Crippen molar-refractivity contribution in [2.24, 2.45) is 0 Å². The van der Waals surface area contributed by atoms with Crippen LogP contribution < -0.4 is 5.32 Å². The van der Waals surface area contributed by atoms with Gasteiger partial charge in [-0.2, -0.15) is 0 Å². The molecule has 0 aliphatic carbocycles. The van der Waals surface area contributed by atoms with Crippen LogP contribution in [0.1, 0.15) is 38.4 Å². The maximum absolute atomic E-state index is 5.92. The summed E-state index contributed by atoms with van der Waals surface area (Å²) in [5.74, 6) is 0. The van der Waals surface area contributed by atoms with Crippen molar-refractivity contribution >= 4 is 11.6 Å². The molecule has 1 N–H and O–H groups in total. The molecule has 0 aliphatic heterocycles. The van der Waals surface area contributed by atoms with E-state index in [4.69, 9.17) is 21.1 Å². The monoisotopic (exact) mass is 299 g/mol. The Morgan fingerprint density at radius 2 is 1.85 bits per heavy atom. The summed E-state index contributed by atoms with van der Waals surface area (Å²) >= 11 is 5.92. The van der Waals surface area contributed by atoms with E-state index in [9.17, 15) is 0 Å². The lowest BCUT2D eigenvalue weighted by molar-refractivity contribution is 0.00379. The number of benzene rings is 1. The molecule has 0 bridgehead atoms. The fraction of sp³-hybridized carbons (Fsp3) is 0.625. The SMILES string of the molecule is CCCCOCCOC(CNCC)c1ccc(Cl)cc1. The van der Waals surface area contributed by atoms with E-state index in [2.05, 4.69) is 19.2 Å². The largest absolute Gasteiger partial charge is 0.379 e. The average Bonchev–Trinajstić information content (AvgIpc) is 2.47. The number of unbranched alkanes of at least 4 members (excludes halogenated alkanes) is 1. The molecule has 0 aliphatic rings. The molecule has 1 aromatic rings. The summed E-state index contributed by atoms with van der Waals surface area (Å²) in [6.45, 7) is 8.06. The van der Waals surface area contributed by atoms with E-state index in [0.717, 1.165) is 43.1 Å². The predicted molar refractivity (Wildman–Crippen MR) is 84.4 cm³/mol. The highest BCUT2D eigenvalue weighted by Crippen LogP contribution is 2.19. The first-order chi connectivity index (χ1) is 9.77. The van der Waals surface area contributed by atoms with E-state index in [0.29, 0.717) is 13.2 Å². The van der Waals surface area contributed by atoms with E-state index >= 15 is 0 Å². The molecular weight excluding hydrogens is 274 g/mol. The van der Waals surface area contributed by atoms with E-state index in [1.54, 1.807) is 0 Å². The maximum atomic E-state index is 5.92. The van der Waals surface area contributed by atoms with Gasteiger partial charge in [-0.3, -0.25) is 0 Å². The predicted octanol–water partition coefficient (Wildman–Crippen LogP) is 3.82. The molecule has 0 radical (unpaired) electrons. The Morgan fingerprint density at radius 1 is 1.10 bits per heavy atom. The third kappa shape index (κ3) is 7.25. The number of halogens is 1. The van der Waals surface area contributed by atoms with Gasteiger partial charge in [-0.1, -0.05) is 44.0 Å². The zero-order valence-electron chi connectivity index (χ0n) is 12.5. The molecule has 0 saturated heterocycles. The van der Waals surface area contributed by atoms with Crippen LogP contribution in [0.25, 0.3) is 0 Å². The number of hydrogen-bond acceptors (Lipinski definition) is 3. The lowest BCUT2D eigenvalue weighted by atomic mass is 10.1. The number of rotatable bonds is 11. The summed E-state index contributed by atoms with van der Waals surface area (Å²) in [5.41, 5.74) is 1.14.